The molecule has 0 amide bonds. The molecule has 3 unspecified atom stereocenters. The summed E-state index contributed by atoms with van der Waals surface area (Å²) >= 11 is 0. The zero-order valence-electron chi connectivity index (χ0n) is 11.4. The summed E-state index contributed by atoms with van der Waals surface area (Å²) in [7, 11) is 0. The molecule has 5 heteroatoms. The summed E-state index contributed by atoms with van der Waals surface area (Å²) in [6.07, 6.45) is 3.64. The third kappa shape index (κ3) is 2.71. The van der Waals surface area contributed by atoms with Crippen LogP contribution in [0.2, 0.25) is 0 Å². The van der Waals surface area contributed by atoms with E-state index >= 15 is 0 Å². The van der Waals surface area contributed by atoms with Gasteiger partial charge in [0.2, 0.25) is 0 Å². The fourth-order valence-corrected chi connectivity index (χ4v) is 3.38. The number of halogens is 2. The molecule has 2 fully saturated rings. The van der Waals surface area contributed by atoms with Crippen molar-refractivity contribution in [1.82, 2.24) is 4.90 Å². The van der Waals surface area contributed by atoms with Crippen molar-refractivity contribution in [2.45, 2.75) is 37.5 Å². The molecule has 1 aromatic rings. The second-order valence-electron chi connectivity index (χ2n) is 5.67. The molecule has 1 aliphatic heterocycles. The molecule has 1 saturated heterocycles. The Bertz CT molecular complexity index is 483. The van der Waals surface area contributed by atoms with Gasteiger partial charge in [0.15, 0.2) is 0 Å². The summed E-state index contributed by atoms with van der Waals surface area (Å²) in [4.78, 5) is 2.27. The van der Waals surface area contributed by atoms with Gasteiger partial charge in [-0.05, 0) is 37.5 Å². The molecular formula is C15H20F2N2O. The van der Waals surface area contributed by atoms with E-state index in [1.807, 2.05) is 0 Å². The highest BCUT2D eigenvalue weighted by atomic mass is 19.1. The van der Waals surface area contributed by atoms with Crippen molar-refractivity contribution in [3.8, 4) is 0 Å². The van der Waals surface area contributed by atoms with Crippen molar-refractivity contribution in [2.75, 3.05) is 19.7 Å². The van der Waals surface area contributed by atoms with Gasteiger partial charge in [0, 0.05) is 30.7 Å². The topological polar surface area (TPSA) is 38.5 Å². The van der Waals surface area contributed by atoms with Gasteiger partial charge >= 0.3 is 0 Å². The second-order valence-corrected chi connectivity index (χ2v) is 5.67. The van der Waals surface area contributed by atoms with Crippen molar-refractivity contribution in [1.29, 1.82) is 0 Å². The number of morpholine rings is 1. The van der Waals surface area contributed by atoms with E-state index in [0.29, 0.717) is 19.2 Å². The van der Waals surface area contributed by atoms with Crippen LogP contribution in [0.25, 0.3) is 0 Å². The molecule has 0 aromatic heterocycles. The van der Waals surface area contributed by atoms with E-state index in [0.717, 1.165) is 37.9 Å². The highest BCUT2D eigenvalue weighted by Crippen LogP contribution is 2.30. The molecule has 3 rings (SSSR count). The molecule has 0 spiro atoms. The minimum atomic E-state index is -0.509. The van der Waals surface area contributed by atoms with Gasteiger partial charge in [0.25, 0.3) is 0 Å². The van der Waals surface area contributed by atoms with E-state index in [4.69, 9.17) is 10.5 Å². The number of hydrogen-bond acceptors (Lipinski definition) is 3. The lowest BCUT2D eigenvalue weighted by Crippen LogP contribution is -2.50. The standard InChI is InChI=1S/C15H20F2N2O/c16-10-4-5-12(17)11(8-10)13(18)9-19-6-7-20-15-3-1-2-14(15)19/h4-5,8,13-15H,1-3,6-7,9,18H2. The number of hydrogen-bond donors (Lipinski definition) is 1. The van der Waals surface area contributed by atoms with Gasteiger partial charge in [-0.25, -0.2) is 8.78 Å². The summed E-state index contributed by atoms with van der Waals surface area (Å²) in [5.74, 6) is -0.882. The Labute approximate surface area is 117 Å². The maximum atomic E-state index is 13.8. The number of rotatable bonds is 3. The fourth-order valence-electron chi connectivity index (χ4n) is 3.38. The van der Waals surface area contributed by atoms with Crippen molar-refractivity contribution in [3.63, 3.8) is 0 Å². The third-order valence-electron chi connectivity index (χ3n) is 4.39. The molecule has 1 aromatic carbocycles. The van der Waals surface area contributed by atoms with Crippen LogP contribution in [0.4, 0.5) is 8.78 Å². The summed E-state index contributed by atoms with van der Waals surface area (Å²) in [5, 5.41) is 0. The largest absolute Gasteiger partial charge is 0.375 e. The lowest BCUT2D eigenvalue weighted by atomic mass is 10.0. The molecule has 1 aliphatic carbocycles. The van der Waals surface area contributed by atoms with Crippen LogP contribution in [0.5, 0.6) is 0 Å². The molecule has 1 heterocycles. The number of ether oxygens (including phenoxy) is 1. The van der Waals surface area contributed by atoms with Crippen LogP contribution in [0.15, 0.2) is 18.2 Å². The second kappa shape index (κ2) is 5.76. The number of nitrogens with zero attached hydrogens (tertiary/aromatic N) is 1. The Hall–Kier alpha value is -1.04. The number of nitrogens with two attached hydrogens (primary N) is 1. The number of fused-ring (bicyclic) bond motifs is 1. The van der Waals surface area contributed by atoms with Crippen molar-refractivity contribution in [3.05, 3.63) is 35.4 Å². The minimum Gasteiger partial charge on any atom is -0.375 e. The summed E-state index contributed by atoms with van der Waals surface area (Å²) in [5.41, 5.74) is 6.34. The van der Waals surface area contributed by atoms with Gasteiger partial charge in [-0.1, -0.05) is 0 Å². The van der Waals surface area contributed by atoms with Crippen LogP contribution in [0.3, 0.4) is 0 Å². The first-order valence-electron chi connectivity index (χ1n) is 7.21. The molecule has 2 N–H and O–H groups in total. The molecular weight excluding hydrogens is 262 g/mol. The number of benzene rings is 1. The Morgan fingerprint density at radius 3 is 3.05 bits per heavy atom. The van der Waals surface area contributed by atoms with Crippen LogP contribution in [0, 0.1) is 11.6 Å². The van der Waals surface area contributed by atoms with Crippen molar-refractivity contribution >= 4 is 0 Å². The molecule has 2 aliphatic rings. The Kier molecular flexibility index (Phi) is 4.01. The zero-order chi connectivity index (χ0) is 14.1. The van der Waals surface area contributed by atoms with Crippen LogP contribution >= 0.6 is 0 Å². The van der Waals surface area contributed by atoms with Crippen LogP contribution in [-0.4, -0.2) is 36.7 Å². The van der Waals surface area contributed by atoms with Crippen LogP contribution in [0.1, 0.15) is 30.9 Å². The molecule has 1 saturated carbocycles. The Balaban J connectivity index is 1.71. The third-order valence-corrected chi connectivity index (χ3v) is 4.39. The zero-order valence-corrected chi connectivity index (χ0v) is 11.4. The predicted molar refractivity (Wildman–Crippen MR) is 72.2 cm³/mol. The first-order valence-corrected chi connectivity index (χ1v) is 7.21. The Morgan fingerprint density at radius 2 is 2.20 bits per heavy atom. The molecule has 110 valence electrons. The summed E-state index contributed by atoms with van der Waals surface area (Å²) in [6.45, 7) is 2.05. The smallest absolute Gasteiger partial charge is 0.128 e. The van der Waals surface area contributed by atoms with Crippen LogP contribution in [-0.2, 0) is 4.74 Å². The van der Waals surface area contributed by atoms with E-state index in [9.17, 15) is 8.78 Å². The van der Waals surface area contributed by atoms with Gasteiger partial charge in [-0.15, -0.1) is 0 Å². The van der Waals surface area contributed by atoms with Gasteiger partial charge in [0.1, 0.15) is 11.6 Å². The van der Waals surface area contributed by atoms with Crippen molar-refractivity contribution in [2.24, 2.45) is 5.73 Å². The average Bonchev–Trinajstić information content (AvgIpc) is 2.91. The van der Waals surface area contributed by atoms with Gasteiger partial charge in [0.05, 0.1) is 12.7 Å². The van der Waals surface area contributed by atoms with Gasteiger partial charge in [-0.2, -0.15) is 0 Å². The first kappa shape index (κ1) is 13.9. The monoisotopic (exact) mass is 282 g/mol. The first-order chi connectivity index (χ1) is 9.65. The Morgan fingerprint density at radius 1 is 1.35 bits per heavy atom. The maximum absolute atomic E-state index is 13.8. The minimum absolute atomic E-state index is 0.256. The highest BCUT2D eigenvalue weighted by Gasteiger charge is 2.36. The highest BCUT2D eigenvalue weighted by molar-refractivity contribution is 5.22. The summed E-state index contributed by atoms with van der Waals surface area (Å²) in [6, 6.07) is 3.33. The lowest BCUT2D eigenvalue weighted by Gasteiger charge is -2.39. The molecule has 3 atom stereocenters. The predicted octanol–water partition coefficient (Wildman–Crippen LogP) is 2.22. The maximum Gasteiger partial charge on any atom is 0.128 e. The van der Waals surface area contributed by atoms with E-state index in [1.165, 1.54) is 6.07 Å². The van der Waals surface area contributed by atoms with Crippen molar-refractivity contribution < 1.29 is 13.5 Å². The quantitative estimate of drug-likeness (QED) is 0.924. The average molecular weight is 282 g/mol. The molecule has 0 bridgehead atoms. The van der Waals surface area contributed by atoms with Crippen LogP contribution < -0.4 is 5.73 Å². The van der Waals surface area contributed by atoms with Gasteiger partial charge < -0.3 is 10.5 Å². The SMILES string of the molecule is NC(CN1CCOC2CCCC21)c1cc(F)ccc1F. The fraction of sp³-hybridized carbons (Fsp3) is 0.600. The van der Waals surface area contributed by atoms with E-state index in [1.54, 1.807) is 0 Å². The normalized spacial score (nSPS) is 28.4. The summed E-state index contributed by atoms with van der Waals surface area (Å²) < 4.78 is 32.7. The van der Waals surface area contributed by atoms with E-state index in [-0.39, 0.29) is 11.7 Å². The molecule has 0 radical (unpaired) electrons. The molecule has 20 heavy (non-hydrogen) atoms. The van der Waals surface area contributed by atoms with E-state index in [2.05, 4.69) is 4.90 Å². The lowest BCUT2D eigenvalue weighted by molar-refractivity contribution is -0.0572. The van der Waals surface area contributed by atoms with E-state index < -0.39 is 17.7 Å². The van der Waals surface area contributed by atoms with Gasteiger partial charge in [-0.3, -0.25) is 4.90 Å². The molecule has 3 nitrogen and oxygen atoms in total.